The monoisotopic (exact) mass is 315 g/mol. The Morgan fingerprint density at radius 2 is 1.71 bits per heavy atom. The number of piperidine rings is 1. The van der Waals surface area contributed by atoms with E-state index in [0.29, 0.717) is 17.8 Å². The second kappa shape index (κ2) is 5.99. The van der Waals surface area contributed by atoms with Gasteiger partial charge in [-0.15, -0.1) is 12.4 Å². The van der Waals surface area contributed by atoms with E-state index >= 15 is 0 Å². The topological polar surface area (TPSA) is 43.7 Å². The average molecular weight is 316 g/mol. The van der Waals surface area contributed by atoms with Crippen molar-refractivity contribution < 1.29 is 10.2 Å². The van der Waals surface area contributed by atoms with Crippen molar-refractivity contribution in [2.45, 2.75) is 63.2 Å². The summed E-state index contributed by atoms with van der Waals surface area (Å²) in [4.78, 5) is 2.60. The van der Waals surface area contributed by atoms with Crippen LogP contribution in [0.15, 0.2) is 0 Å². The van der Waals surface area contributed by atoms with Crippen LogP contribution in [-0.4, -0.2) is 47.0 Å². The standard InChI is InChI=1S/C17H29NO2.ClH/c1-18-8-7-10-3-2-4-12-15(10)13(18)9-11-5-6-14(19)17(20)16(11)12;/h10-17,19-20H,2-9H2,1H3;1H. The zero-order valence-electron chi connectivity index (χ0n) is 13.0. The number of fused-ring (bicyclic) bond motifs is 2. The van der Waals surface area contributed by atoms with Gasteiger partial charge in [-0.2, -0.15) is 0 Å². The molecule has 4 aliphatic rings. The molecule has 0 aromatic rings. The SMILES string of the molecule is CN1CCC2CCCC3C4C(CCC(O)C4O)CC1C23.Cl. The molecule has 3 saturated carbocycles. The molecule has 4 heteroatoms. The molecule has 0 aromatic heterocycles. The molecule has 3 aliphatic carbocycles. The Balaban J connectivity index is 0.00000132. The highest BCUT2D eigenvalue weighted by Crippen LogP contribution is 2.56. The number of hydrogen-bond acceptors (Lipinski definition) is 3. The van der Waals surface area contributed by atoms with Crippen LogP contribution in [0, 0.1) is 29.6 Å². The molecule has 8 atom stereocenters. The fourth-order valence-corrected chi connectivity index (χ4v) is 6.37. The molecule has 3 nitrogen and oxygen atoms in total. The number of halogens is 1. The largest absolute Gasteiger partial charge is 0.390 e. The lowest BCUT2D eigenvalue weighted by Crippen LogP contribution is -2.61. The second-order valence-corrected chi connectivity index (χ2v) is 7.98. The molecule has 0 bridgehead atoms. The molecule has 122 valence electrons. The van der Waals surface area contributed by atoms with E-state index in [1.165, 1.54) is 38.6 Å². The lowest BCUT2D eigenvalue weighted by Gasteiger charge is -2.60. The van der Waals surface area contributed by atoms with Crippen molar-refractivity contribution in [1.29, 1.82) is 0 Å². The van der Waals surface area contributed by atoms with Crippen molar-refractivity contribution in [2.24, 2.45) is 29.6 Å². The Kier molecular flexibility index (Phi) is 4.58. The minimum atomic E-state index is -0.463. The van der Waals surface area contributed by atoms with Gasteiger partial charge in [-0.25, -0.2) is 0 Å². The Hall–Kier alpha value is 0.170. The molecule has 4 rings (SSSR count). The third-order valence-corrected chi connectivity index (χ3v) is 7.22. The fourth-order valence-electron chi connectivity index (χ4n) is 6.37. The van der Waals surface area contributed by atoms with Crippen molar-refractivity contribution >= 4 is 12.4 Å². The lowest BCUT2D eigenvalue weighted by molar-refractivity contribution is -0.155. The maximum Gasteiger partial charge on any atom is 0.0832 e. The van der Waals surface area contributed by atoms with Gasteiger partial charge in [0.15, 0.2) is 0 Å². The quantitative estimate of drug-likeness (QED) is 0.721. The summed E-state index contributed by atoms with van der Waals surface area (Å²) in [7, 11) is 2.31. The first-order valence-corrected chi connectivity index (χ1v) is 8.73. The summed E-state index contributed by atoms with van der Waals surface area (Å²) in [6.07, 6.45) is 7.67. The minimum Gasteiger partial charge on any atom is -0.390 e. The van der Waals surface area contributed by atoms with Crippen LogP contribution in [0.3, 0.4) is 0 Å². The van der Waals surface area contributed by atoms with Gasteiger partial charge in [-0.1, -0.05) is 12.8 Å². The third kappa shape index (κ3) is 2.45. The summed E-state index contributed by atoms with van der Waals surface area (Å²) in [5.74, 6) is 3.39. The highest BCUT2D eigenvalue weighted by atomic mass is 35.5. The first kappa shape index (κ1) is 16.0. The number of rotatable bonds is 0. The van der Waals surface area contributed by atoms with Crippen LogP contribution in [0.25, 0.3) is 0 Å². The van der Waals surface area contributed by atoms with E-state index in [1.54, 1.807) is 0 Å². The van der Waals surface area contributed by atoms with Crippen molar-refractivity contribution in [1.82, 2.24) is 4.90 Å². The van der Waals surface area contributed by atoms with Gasteiger partial charge in [-0.3, -0.25) is 0 Å². The van der Waals surface area contributed by atoms with Gasteiger partial charge < -0.3 is 15.1 Å². The van der Waals surface area contributed by atoms with Gasteiger partial charge in [0.25, 0.3) is 0 Å². The van der Waals surface area contributed by atoms with Crippen LogP contribution in [0.4, 0.5) is 0 Å². The van der Waals surface area contributed by atoms with E-state index in [-0.39, 0.29) is 12.4 Å². The molecule has 1 heterocycles. The molecule has 4 fully saturated rings. The van der Waals surface area contributed by atoms with E-state index in [4.69, 9.17) is 0 Å². The second-order valence-electron chi connectivity index (χ2n) is 7.98. The van der Waals surface area contributed by atoms with E-state index in [9.17, 15) is 10.2 Å². The summed E-state index contributed by atoms with van der Waals surface area (Å²) >= 11 is 0. The highest BCUT2D eigenvalue weighted by molar-refractivity contribution is 5.85. The molecular weight excluding hydrogens is 286 g/mol. The van der Waals surface area contributed by atoms with Gasteiger partial charge in [0.2, 0.25) is 0 Å². The Morgan fingerprint density at radius 1 is 0.905 bits per heavy atom. The highest BCUT2D eigenvalue weighted by Gasteiger charge is 2.55. The number of aliphatic hydroxyl groups is 2. The molecule has 0 spiro atoms. The van der Waals surface area contributed by atoms with Gasteiger partial charge in [-0.05, 0) is 75.3 Å². The van der Waals surface area contributed by atoms with Crippen molar-refractivity contribution in [3.63, 3.8) is 0 Å². The van der Waals surface area contributed by atoms with E-state index in [1.807, 2.05) is 0 Å². The molecule has 2 N–H and O–H groups in total. The summed E-state index contributed by atoms with van der Waals surface area (Å²) in [6, 6.07) is 0.753. The van der Waals surface area contributed by atoms with E-state index in [2.05, 4.69) is 11.9 Å². The average Bonchev–Trinajstić information content (AvgIpc) is 2.46. The number of hydrogen-bond donors (Lipinski definition) is 2. The molecule has 1 saturated heterocycles. The summed E-state index contributed by atoms with van der Waals surface area (Å²) < 4.78 is 0. The van der Waals surface area contributed by atoms with Gasteiger partial charge in [0.05, 0.1) is 12.2 Å². The van der Waals surface area contributed by atoms with Gasteiger partial charge in [0.1, 0.15) is 0 Å². The molecule has 0 aromatic carbocycles. The number of aliphatic hydroxyl groups excluding tert-OH is 2. The Bertz CT molecular complexity index is 376. The van der Waals surface area contributed by atoms with E-state index < -0.39 is 12.2 Å². The summed E-state index contributed by atoms with van der Waals surface area (Å²) in [6.45, 7) is 1.26. The van der Waals surface area contributed by atoms with Crippen molar-refractivity contribution in [3.05, 3.63) is 0 Å². The van der Waals surface area contributed by atoms with Crippen molar-refractivity contribution in [2.75, 3.05) is 13.6 Å². The van der Waals surface area contributed by atoms with Crippen LogP contribution in [0.1, 0.15) is 44.9 Å². The van der Waals surface area contributed by atoms with Gasteiger partial charge >= 0.3 is 0 Å². The van der Waals surface area contributed by atoms with Crippen LogP contribution in [0.2, 0.25) is 0 Å². The zero-order valence-corrected chi connectivity index (χ0v) is 13.8. The van der Waals surface area contributed by atoms with Crippen LogP contribution < -0.4 is 0 Å². The third-order valence-electron chi connectivity index (χ3n) is 7.22. The lowest BCUT2D eigenvalue weighted by atomic mass is 9.51. The number of nitrogens with zero attached hydrogens (tertiary/aromatic N) is 1. The van der Waals surface area contributed by atoms with Crippen LogP contribution in [0.5, 0.6) is 0 Å². The smallest absolute Gasteiger partial charge is 0.0832 e. The predicted octanol–water partition coefficient (Wildman–Crippen LogP) is 2.30. The molecule has 21 heavy (non-hydrogen) atoms. The predicted molar refractivity (Wildman–Crippen MR) is 85.4 cm³/mol. The first-order valence-electron chi connectivity index (χ1n) is 8.73. The molecule has 1 aliphatic heterocycles. The van der Waals surface area contributed by atoms with Crippen LogP contribution >= 0.6 is 12.4 Å². The Morgan fingerprint density at radius 3 is 2.52 bits per heavy atom. The Labute approximate surface area is 134 Å². The fraction of sp³-hybridized carbons (Fsp3) is 1.00. The van der Waals surface area contributed by atoms with Crippen LogP contribution in [-0.2, 0) is 0 Å². The minimum absolute atomic E-state index is 0. The summed E-state index contributed by atoms with van der Waals surface area (Å²) in [5.41, 5.74) is 0. The molecular formula is C17H30ClNO2. The molecule has 0 radical (unpaired) electrons. The van der Waals surface area contributed by atoms with Crippen molar-refractivity contribution in [3.8, 4) is 0 Å². The van der Waals surface area contributed by atoms with E-state index in [0.717, 1.165) is 30.7 Å². The normalized spacial score (nSPS) is 53.3. The first-order chi connectivity index (χ1) is 9.66. The maximum atomic E-state index is 10.6. The van der Waals surface area contributed by atoms with Gasteiger partial charge in [0, 0.05) is 6.04 Å². The maximum absolute atomic E-state index is 10.6. The molecule has 0 amide bonds. The zero-order chi connectivity index (χ0) is 13.9. The number of likely N-dealkylation sites (tertiary alicyclic amines) is 1. The summed E-state index contributed by atoms with van der Waals surface area (Å²) in [5, 5.41) is 20.7. The molecule has 8 unspecified atom stereocenters.